The first-order chi connectivity index (χ1) is 10.1. The molecule has 2 aromatic heterocycles. The van der Waals surface area contributed by atoms with Gasteiger partial charge >= 0.3 is 0 Å². The average Bonchev–Trinajstić information content (AvgIpc) is 2.97. The fourth-order valence-electron chi connectivity index (χ4n) is 2.10. The van der Waals surface area contributed by atoms with E-state index in [1.807, 2.05) is 5.51 Å². The third-order valence-electron chi connectivity index (χ3n) is 3.34. The van der Waals surface area contributed by atoms with E-state index < -0.39 is 0 Å². The zero-order chi connectivity index (χ0) is 15.2. The Bertz CT molecular complexity index is 551. The maximum absolute atomic E-state index is 4.80. The van der Waals surface area contributed by atoms with Crippen LogP contribution in [0.15, 0.2) is 23.0 Å². The van der Waals surface area contributed by atoms with Crippen LogP contribution < -0.4 is 10.2 Å². The number of hydrogen-bond acceptors (Lipinski definition) is 5. The van der Waals surface area contributed by atoms with Gasteiger partial charge in [-0.15, -0.1) is 11.3 Å². The lowest BCUT2D eigenvalue weighted by Gasteiger charge is -2.20. The molecule has 0 aromatic carbocycles. The van der Waals surface area contributed by atoms with Crippen LogP contribution in [-0.2, 0) is 13.1 Å². The zero-order valence-corrected chi connectivity index (χ0v) is 14.1. The Morgan fingerprint density at radius 2 is 2.14 bits per heavy atom. The molecule has 0 bridgehead atoms. The van der Waals surface area contributed by atoms with Crippen LogP contribution in [0.1, 0.15) is 43.6 Å². The quantitative estimate of drug-likeness (QED) is 0.851. The zero-order valence-electron chi connectivity index (χ0n) is 13.3. The molecular formula is C16H24N4S. The molecule has 4 nitrogen and oxygen atoms in total. The van der Waals surface area contributed by atoms with Crippen molar-refractivity contribution in [2.75, 3.05) is 18.5 Å². The minimum atomic E-state index is 0.429. The standard InChI is InChI=1S/C16H24N4S/c1-5-17-8-13-6-15(12(2)3)19-16(7-13)20(4)9-14-10-21-11-18-14/h6-7,10-12,17H,5,8-9H2,1-4H3. The molecule has 0 amide bonds. The van der Waals surface area contributed by atoms with E-state index in [9.17, 15) is 0 Å². The summed E-state index contributed by atoms with van der Waals surface area (Å²) >= 11 is 1.63. The average molecular weight is 304 g/mol. The largest absolute Gasteiger partial charge is 0.354 e. The number of hydrogen-bond donors (Lipinski definition) is 1. The first-order valence-electron chi connectivity index (χ1n) is 7.40. The highest BCUT2D eigenvalue weighted by Crippen LogP contribution is 2.21. The third kappa shape index (κ3) is 4.51. The van der Waals surface area contributed by atoms with Gasteiger partial charge in [-0.2, -0.15) is 0 Å². The van der Waals surface area contributed by atoms with Crippen molar-refractivity contribution in [2.45, 2.75) is 39.8 Å². The smallest absolute Gasteiger partial charge is 0.129 e. The molecule has 0 spiro atoms. The summed E-state index contributed by atoms with van der Waals surface area (Å²) in [6.07, 6.45) is 0. The van der Waals surface area contributed by atoms with Crippen molar-refractivity contribution >= 4 is 17.2 Å². The lowest BCUT2D eigenvalue weighted by Crippen LogP contribution is -2.20. The van der Waals surface area contributed by atoms with Crippen molar-refractivity contribution < 1.29 is 0 Å². The number of anilines is 1. The van der Waals surface area contributed by atoms with Gasteiger partial charge in [-0.05, 0) is 30.2 Å². The van der Waals surface area contributed by atoms with Gasteiger partial charge in [-0.1, -0.05) is 20.8 Å². The molecule has 0 saturated carbocycles. The number of pyridine rings is 1. The maximum Gasteiger partial charge on any atom is 0.129 e. The fourth-order valence-corrected chi connectivity index (χ4v) is 2.65. The Morgan fingerprint density at radius 3 is 2.76 bits per heavy atom. The molecule has 2 heterocycles. The molecule has 2 rings (SSSR count). The van der Waals surface area contributed by atoms with Gasteiger partial charge in [0, 0.05) is 24.7 Å². The highest BCUT2D eigenvalue weighted by Gasteiger charge is 2.10. The molecule has 21 heavy (non-hydrogen) atoms. The molecule has 0 radical (unpaired) electrons. The minimum absolute atomic E-state index is 0.429. The van der Waals surface area contributed by atoms with E-state index in [0.717, 1.165) is 36.8 Å². The Balaban J connectivity index is 2.21. The van der Waals surface area contributed by atoms with E-state index in [4.69, 9.17) is 4.98 Å². The first-order valence-corrected chi connectivity index (χ1v) is 8.34. The van der Waals surface area contributed by atoms with Crippen LogP contribution in [0.25, 0.3) is 0 Å². The summed E-state index contributed by atoms with van der Waals surface area (Å²) in [5.41, 5.74) is 5.39. The van der Waals surface area contributed by atoms with Gasteiger partial charge in [0.15, 0.2) is 0 Å². The highest BCUT2D eigenvalue weighted by atomic mass is 32.1. The van der Waals surface area contributed by atoms with Crippen molar-refractivity contribution in [3.05, 3.63) is 40.0 Å². The van der Waals surface area contributed by atoms with Gasteiger partial charge < -0.3 is 10.2 Å². The Kier molecular flexibility index (Phi) is 5.70. The Hall–Kier alpha value is -1.46. The molecule has 0 unspecified atom stereocenters. The van der Waals surface area contributed by atoms with Gasteiger partial charge in [0.1, 0.15) is 5.82 Å². The van der Waals surface area contributed by atoms with Gasteiger partial charge in [0.25, 0.3) is 0 Å². The second-order valence-electron chi connectivity index (χ2n) is 5.53. The first kappa shape index (κ1) is 15.9. The molecule has 0 aliphatic heterocycles. The van der Waals surface area contributed by atoms with E-state index in [-0.39, 0.29) is 0 Å². The van der Waals surface area contributed by atoms with E-state index >= 15 is 0 Å². The number of aromatic nitrogens is 2. The maximum atomic E-state index is 4.80. The van der Waals surface area contributed by atoms with E-state index in [2.05, 4.69) is 60.5 Å². The van der Waals surface area contributed by atoms with Crippen LogP contribution in [0.3, 0.4) is 0 Å². The predicted molar refractivity (Wildman–Crippen MR) is 89.9 cm³/mol. The number of nitrogens with zero attached hydrogens (tertiary/aromatic N) is 3. The minimum Gasteiger partial charge on any atom is -0.354 e. The molecular weight excluding hydrogens is 280 g/mol. The summed E-state index contributed by atoms with van der Waals surface area (Å²) in [7, 11) is 2.07. The summed E-state index contributed by atoms with van der Waals surface area (Å²) in [6, 6.07) is 4.37. The molecule has 2 aromatic rings. The topological polar surface area (TPSA) is 41.1 Å². The van der Waals surface area contributed by atoms with Crippen molar-refractivity contribution in [1.29, 1.82) is 0 Å². The summed E-state index contributed by atoms with van der Waals surface area (Å²) in [4.78, 5) is 11.3. The van der Waals surface area contributed by atoms with E-state index in [0.29, 0.717) is 5.92 Å². The third-order valence-corrected chi connectivity index (χ3v) is 3.97. The molecule has 5 heteroatoms. The monoisotopic (exact) mass is 304 g/mol. The van der Waals surface area contributed by atoms with Crippen LogP contribution in [0.5, 0.6) is 0 Å². The van der Waals surface area contributed by atoms with Crippen molar-refractivity contribution in [2.24, 2.45) is 0 Å². The van der Waals surface area contributed by atoms with Crippen molar-refractivity contribution in [3.8, 4) is 0 Å². The van der Waals surface area contributed by atoms with Crippen LogP contribution in [0, 0.1) is 0 Å². The molecule has 0 saturated heterocycles. The number of rotatable bonds is 7. The molecule has 0 atom stereocenters. The lowest BCUT2D eigenvalue weighted by molar-refractivity contribution is 0.718. The number of thiazole rings is 1. The summed E-state index contributed by atoms with van der Waals surface area (Å²) in [5, 5.41) is 5.47. The van der Waals surface area contributed by atoms with Gasteiger partial charge in [-0.3, -0.25) is 0 Å². The lowest BCUT2D eigenvalue weighted by atomic mass is 10.1. The van der Waals surface area contributed by atoms with Crippen LogP contribution in [0.2, 0.25) is 0 Å². The SMILES string of the molecule is CCNCc1cc(C(C)C)nc(N(C)Cc2cscn2)c1. The van der Waals surface area contributed by atoms with E-state index in [1.165, 1.54) is 5.56 Å². The van der Waals surface area contributed by atoms with Gasteiger partial charge in [0.2, 0.25) is 0 Å². The predicted octanol–water partition coefficient (Wildman–Crippen LogP) is 3.41. The van der Waals surface area contributed by atoms with E-state index in [1.54, 1.807) is 11.3 Å². The van der Waals surface area contributed by atoms with Gasteiger partial charge in [0.05, 0.1) is 17.7 Å². The molecule has 1 N–H and O–H groups in total. The fraction of sp³-hybridized carbons (Fsp3) is 0.500. The second kappa shape index (κ2) is 7.52. The molecule has 114 valence electrons. The molecule has 0 aliphatic rings. The normalized spacial score (nSPS) is 11.1. The summed E-state index contributed by atoms with van der Waals surface area (Å²) in [5.74, 6) is 1.44. The van der Waals surface area contributed by atoms with Crippen molar-refractivity contribution in [3.63, 3.8) is 0 Å². The second-order valence-corrected chi connectivity index (χ2v) is 6.25. The summed E-state index contributed by atoms with van der Waals surface area (Å²) in [6.45, 7) is 9.14. The van der Waals surface area contributed by atoms with Crippen LogP contribution in [0.4, 0.5) is 5.82 Å². The van der Waals surface area contributed by atoms with Crippen LogP contribution in [-0.4, -0.2) is 23.6 Å². The Morgan fingerprint density at radius 1 is 1.33 bits per heavy atom. The summed E-state index contributed by atoms with van der Waals surface area (Å²) < 4.78 is 0. The van der Waals surface area contributed by atoms with Gasteiger partial charge in [-0.25, -0.2) is 9.97 Å². The van der Waals surface area contributed by atoms with Crippen molar-refractivity contribution in [1.82, 2.24) is 15.3 Å². The molecule has 0 fully saturated rings. The molecule has 0 aliphatic carbocycles. The Labute approximate surface area is 131 Å². The van der Waals surface area contributed by atoms with Crippen LogP contribution >= 0.6 is 11.3 Å². The number of nitrogens with one attached hydrogen (secondary N) is 1. The highest BCUT2D eigenvalue weighted by molar-refractivity contribution is 7.07.